The van der Waals surface area contributed by atoms with Crippen molar-refractivity contribution in [2.45, 2.75) is 83.8 Å². The Hall–Kier alpha value is -3.17. The molecule has 0 aromatic heterocycles. The van der Waals surface area contributed by atoms with Crippen LogP contribution in [0.4, 0.5) is 5.69 Å². The fraction of sp³-hybridized carbons (Fsp3) is 0.640. The van der Waals surface area contributed by atoms with Gasteiger partial charge in [0.05, 0.1) is 18.0 Å². The number of nitrogens with one attached hydrogen (secondary N) is 1. The number of para-hydroxylation sites is 2. The van der Waals surface area contributed by atoms with Crippen LogP contribution in [0.2, 0.25) is 0 Å². The van der Waals surface area contributed by atoms with Gasteiger partial charge in [-0.3, -0.25) is 24.5 Å². The second kappa shape index (κ2) is 15.0. The maximum atomic E-state index is 13.0. The quantitative estimate of drug-likeness (QED) is 0.171. The predicted octanol–water partition coefficient (Wildman–Crippen LogP) is 3.76. The zero-order valence-corrected chi connectivity index (χ0v) is 20.7. The number of unbranched alkanes of at least 4 members (excludes halogenated alkanes) is 7. The highest BCUT2D eigenvalue weighted by molar-refractivity contribution is 5.93. The van der Waals surface area contributed by atoms with Crippen LogP contribution in [-0.4, -0.2) is 59.4 Å². The Bertz CT molecular complexity index is 861. The minimum Gasteiger partial charge on any atom is -0.474 e. The number of carbonyl (C=O) groups excluding carboxylic acids is 3. The van der Waals surface area contributed by atoms with Crippen molar-refractivity contribution in [1.29, 1.82) is 0 Å². The third-order valence-corrected chi connectivity index (χ3v) is 5.95. The van der Waals surface area contributed by atoms with Gasteiger partial charge in [-0.1, -0.05) is 64.0 Å². The van der Waals surface area contributed by atoms with E-state index in [4.69, 9.17) is 9.47 Å². The summed E-state index contributed by atoms with van der Waals surface area (Å²) in [6.45, 7) is 4.38. The molecule has 2 rings (SSSR count). The number of nitro groups is 1. The zero-order valence-electron chi connectivity index (χ0n) is 20.7. The molecule has 1 fully saturated rings. The monoisotopic (exact) mass is 491 g/mol. The van der Waals surface area contributed by atoms with Crippen molar-refractivity contribution >= 4 is 23.5 Å². The Morgan fingerprint density at radius 3 is 2.49 bits per heavy atom. The Balaban J connectivity index is 1.85. The highest BCUT2D eigenvalue weighted by Crippen LogP contribution is 2.27. The number of ether oxygens (including phenoxy) is 2. The van der Waals surface area contributed by atoms with Gasteiger partial charge in [0.2, 0.25) is 5.91 Å². The predicted molar refractivity (Wildman–Crippen MR) is 130 cm³/mol. The molecule has 0 aliphatic carbocycles. The van der Waals surface area contributed by atoms with Crippen LogP contribution in [0.1, 0.15) is 71.6 Å². The average molecular weight is 492 g/mol. The first-order valence-corrected chi connectivity index (χ1v) is 12.5. The second-order valence-corrected chi connectivity index (χ2v) is 8.72. The standard InChI is InChI=1S/C25H37N3O7/c1-3-4-5-6-7-8-9-12-17-34-23(29)18-21-24(30)26-15-16-27(21)25(31)19(2)35-22-14-11-10-13-20(22)28(32)33/h10-11,13-14,19,21H,3-9,12,15-18H2,1-2H3,(H,26,30). The number of nitro benzene ring substituents is 1. The van der Waals surface area contributed by atoms with E-state index >= 15 is 0 Å². The molecule has 2 unspecified atom stereocenters. The number of rotatable bonds is 15. The van der Waals surface area contributed by atoms with Gasteiger partial charge in [-0.15, -0.1) is 0 Å². The van der Waals surface area contributed by atoms with E-state index in [1.165, 1.54) is 62.1 Å². The largest absolute Gasteiger partial charge is 0.474 e. The van der Waals surface area contributed by atoms with Crippen molar-refractivity contribution in [1.82, 2.24) is 10.2 Å². The molecule has 35 heavy (non-hydrogen) atoms. The lowest BCUT2D eigenvalue weighted by Gasteiger charge is -2.35. The summed E-state index contributed by atoms with van der Waals surface area (Å²) in [5, 5.41) is 13.9. The van der Waals surface area contributed by atoms with Gasteiger partial charge < -0.3 is 19.7 Å². The van der Waals surface area contributed by atoms with Crippen LogP contribution in [0.3, 0.4) is 0 Å². The molecule has 1 aromatic rings. The summed E-state index contributed by atoms with van der Waals surface area (Å²) in [6, 6.07) is 4.75. The number of carbonyl (C=O) groups is 3. The number of hydrogen-bond acceptors (Lipinski definition) is 7. The molecule has 0 spiro atoms. The molecule has 2 atom stereocenters. The van der Waals surface area contributed by atoms with E-state index in [1.54, 1.807) is 6.07 Å². The molecule has 1 aromatic carbocycles. The summed E-state index contributed by atoms with van der Waals surface area (Å²) in [5.74, 6) is -1.55. The molecule has 1 saturated heterocycles. The van der Waals surface area contributed by atoms with E-state index < -0.39 is 34.9 Å². The zero-order chi connectivity index (χ0) is 25.6. The maximum absolute atomic E-state index is 13.0. The normalized spacial score (nSPS) is 16.3. The fourth-order valence-electron chi connectivity index (χ4n) is 4.00. The lowest BCUT2D eigenvalue weighted by atomic mass is 10.1. The molecule has 194 valence electrons. The second-order valence-electron chi connectivity index (χ2n) is 8.72. The van der Waals surface area contributed by atoms with E-state index in [0.717, 1.165) is 19.3 Å². The van der Waals surface area contributed by atoms with Crippen LogP contribution in [0, 0.1) is 10.1 Å². The number of hydrogen-bond donors (Lipinski definition) is 1. The molecule has 10 heteroatoms. The van der Waals surface area contributed by atoms with E-state index in [0.29, 0.717) is 0 Å². The molecule has 10 nitrogen and oxygen atoms in total. The number of esters is 1. The highest BCUT2D eigenvalue weighted by Gasteiger charge is 2.37. The average Bonchev–Trinajstić information content (AvgIpc) is 2.84. The number of nitrogens with zero attached hydrogens (tertiary/aromatic N) is 2. The fourth-order valence-corrected chi connectivity index (χ4v) is 4.00. The van der Waals surface area contributed by atoms with Crippen LogP contribution < -0.4 is 10.1 Å². The lowest BCUT2D eigenvalue weighted by Crippen LogP contribution is -2.60. The van der Waals surface area contributed by atoms with E-state index in [1.807, 2.05) is 0 Å². The van der Waals surface area contributed by atoms with Crippen molar-refractivity contribution in [2.24, 2.45) is 0 Å². The maximum Gasteiger partial charge on any atom is 0.310 e. The van der Waals surface area contributed by atoms with E-state index in [2.05, 4.69) is 12.2 Å². The summed E-state index contributed by atoms with van der Waals surface area (Å²) in [5.41, 5.74) is -0.260. The number of amides is 2. The molecule has 0 bridgehead atoms. The molecule has 1 aliphatic heterocycles. The first-order chi connectivity index (χ1) is 16.8. The van der Waals surface area contributed by atoms with Gasteiger partial charge in [-0.25, -0.2) is 0 Å². The first kappa shape index (κ1) is 28.1. The van der Waals surface area contributed by atoms with Gasteiger partial charge in [0.1, 0.15) is 6.04 Å². The number of piperazine rings is 1. The van der Waals surface area contributed by atoms with Gasteiger partial charge in [-0.2, -0.15) is 0 Å². The Morgan fingerprint density at radius 2 is 1.80 bits per heavy atom. The molecular formula is C25H37N3O7. The smallest absolute Gasteiger partial charge is 0.310 e. The first-order valence-electron chi connectivity index (χ1n) is 12.5. The van der Waals surface area contributed by atoms with Crippen molar-refractivity contribution in [3.63, 3.8) is 0 Å². The van der Waals surface area contributed by atoms with Gasteiger partial charge in [0.15, 0.2) is 11.9 Å². The van der Waals surface area contributed by atoms with Crippen LogP contribution in [0.15, 0.2) is 24.3 Å². The van der Waals surface area contributed by atoms with E-state index in [9.17, 15) is 24.5 Å². The van der Waals surface area contributed by atoms with Gasteiger partial charge >= 0.3 is 11.7 Å². The van der Waals surface area contributed by atoms with Gasteiger partial charge in [-0.05, 0) is 19.4 Å². The summed E-state index contributed by atoms with van der Waals surface area (Å²) in [4.78, 5) is 49.8. The SMILES string of the molecule is CCCCCCCCCCOC(=O)CC1C(=O)NCCN1C(=O)C(C)Oc1ccccc1[N+](=O)[O-]. The van der Waals surface area contributed by atoms with E-state index in [-0.39, 0.29) is 37.6 Å². The van der Waals surface area contributed by atoms with Gasteiger partial charge in [0, 0.05) is 19.2 Å². The molecule has 2 amide bonds. The highest BCUT2D eigenvalue weighted by atomic mass is 16.6. The van der Waals surface area contributed by atoms with Crippen molar-refractivity contribution < 1.29 is 28.8 Å². The molecule has 1 N–H and O–H groups in total. The van der Waals surface area contributed by atoms with Crippen LogP contribution in [0.25, 0.3) is 0 Å². The summed E-state index contributed by atoms with van der Waals surface area (Å²) >= 11 is 0. The van der Waals surface area contributed by atoms with Crippen LogP contribution in [-0.2, 0) is 19.1 Å². The Labute approximate surface area is 206 Å². The van der Waals surface area contributed by atoms with Crippen molar-refractivity contribution in [3.05, 3.63) is 34.4 Å². The molecule has 1 heterocycles. The van der Waals surface area contributed by atoms with Crippen LogP contribution >= 0.6 is 0 Å². The Morgan fingerprint density at radius 1 is 1.14 bits per heavy atom. The summed E-state index contributed by atoms with van der Waals surface area (Å²) in [6.07, 6.45) is 7.66. The summed E-state index contributed by atoms with van der Waals surface area (Å²) in [7, 11) is 0. The summed E-state index contributed by atoms with van der Waals surface area (Å²) < 4.78 is 10.9. The van der Waals surface area contributed by atoms with Crippen molar-refractivity contribution in [3.8, 4) is 5.75 Å². The van der Waals surface area contributed by atoms with Crippen LogP contribution in [0.5, 0.6) is 5.75 Å². The minimum absolute atomic E-state index is 0.0406. The molecule has 1 aliphatic rings. The molecular weight excluding hydrogens is 454 g/mol. The third kappa shape index (κ3) is 9.18. The minimum atomic E-state index is -1.09. The molecule has 0 saturated carbocycles. The topological polar surface area (TPSA) is 128 Å². The third-order valence-electron chi connectivity index (χ3n) is 5.95. The van der Waals surface area contributed by atoms with Crippen molar-refractivity contribution in [2.75, 3.05) is 19.7 Å². The lowest BCUT2D eigenvalue weighted by molar-refractivity contribution is -0.386. The van der Waals surface area contributed by atoms with Gasteiger partial charge in [0.25, 0.3) is 5.91 Å². The molecule has 0 radical (unpaired) electrons. The Kier molecular flexibility index (Phi) is 12.0. The number of benzene rings is 1.